The average molecular weight is 538 g/mol. The fourth-order valence-corrected chi connectivity index (χ4v) is 4.90. The summed E-state index contributed by atoms with van der Waals surface area (Å²) in [4.78, 5) is 51.0. The molecule has 39 heavy (non-hydrogen) atoms. The zero-order chi connectivity index (χ0) is 27.4. The Balaban J connectivity index is 1.16. The second-order valence-corrected chi connectivity index (χ2v) is 9.64. The Morgan fingerprint density at radius 1 is 1.10 bits per heavy atom. The smallest absolute Gasteiger partial charge is 0.256 e. The molecule has 2 aromatic heterocycles. The highest BCUT2D eigenvalue weighted by atomic mass is 16.6. The van der Waals surface area contributed by atoms with E-state index in [0.29, 0.717) is 42.7 Å². The molecule has 0 unspecified atom stereocenters. The van der Waals surface area contributed by atoms with Crippen molar-refractivity contribution in [3.8, 4) is 0 Å². The zero-order valence-corrected chi connectivity index (χ0v) is 21.3. The molecule has 2 aliphatic heterocycles. The van der Waals surface area contributed by atoms with Crippen LogP contribution in [-0.4, -0.2) is 90.3 Å². The number of hydrogen-bond donors (Lipinski definition) is 4. The van der Waals surface area contributed by atoms with Crippen molar-refractivity contribution in [2.75, 3.05) is 25.0 Å². The molecule has 2 aliphatic rings. The largest absolute Gasteiger partial charge is 0.388 e. The summed E-state index contributed by atoms with van der Waals surface area (Å²) in [6, 6.07) is 8.66. The Labute approximate surface area is 224 Å². The van der Waals surface area contributed by atoms with Crippen LogP contribution in [0.2, 0.25) is 0 Å². The van der Waals surface area contributed by atoms with E-state index in [-0.39, 0.29) is 36.4 Å². The van der Waals surface area contributed by atoms with E-state index < -0.39 is 24.5 Å². The van der Waals surface area contributed by atoms with Crippen molar-refractivity contribution >= 4 is 34.7 Å². The predicted molar refractivity (Wildman–Crippen MR) is 138 cm³/mol. The number of likely N-dealkylation sites (tertiary alicyclic amines) is 1. The minimum atomic E-state index is -1.29. The second kappa shape index (κ2) is 11.8. The van der Waals surface area contributed by atoms with Gasteiger partial charge in [0.15, 0.2) is 23.2 Å². The van der Waals surface area contributed by atoms with Crippen molar-refractivity contribution < 1.29 is 29.3 Å². The van der Waals surface area contributed by atoms with Gasteiger partial charge in [0.1, 0.15) is 18.5 Å². The van der Waals surface area contributed by atoms with Gasteiger partial charge in [0, 0.05) is 38.0 Å². The number of ether oxygens (including phenoxy) is 1. The SMILES string of the molecule is O=C(CC[C@H]1O[C@@H](n2cnc3c(NC(=O)c4ccccc4)ncnc32)[C@H](O)[C@@H]1O)NCCCN1CCCC1=O. The van der Waals surface area contributed by atoms with Gasteiger partial charge in [0.2, 0.25) is 11.8 Å². The Hall–Kier alpha value is -3.94. The van der Waals surface area contributed by atoms with E-state index in [1.165, 1.54) is 17.2 Å². The maximum absolute atomic E-state index is 12.6. The van der Waals surface area contributed by atoms with Crippen molar-refractivity contribution in [3.63, 3.8) is 0 Å². The summed E-state index contributed by atoms with van der Waals surface area (Å²) in [6.45, 7) is 1.85. The summed E-state index contributed by atoms with van der Waals surface area (Å²) >= 11 is 0. The molecule has 0 bridgehead atoms. The molecule has 0 radical (unpaired) electrons. The Bertz CT molecular complexity index is 1330. The third kappa shape index (κ3) is 5.90. The van der Waals surface area contributed by atoms with Crippen LogP contribution in [0.25, 0.3) is 11.2 Å². The summed E-state index contributed by atoms with van der Waals surface area (Å²) in [5.41, 5.74) is 1.06. The van der Waals surface area contributed by atoms with Crippen molar-refractivity contribution in [1.82, 2.24) is 29.7 Å². The van der Waals surface area contributed by atoms with Crippen LogP contribution in [0.1, 0.15) is 48.7 Å². The van der Waals surface area contributed by atoms with Crippen molar-refractivity contribution in [3.05, 3.63) is 48.5 Å². The molecule has 1 aromatic carbocycles. The monoisotopic (exact) mass is 537 g/mol. The first-order chi connectivity index (χ1) is 18.9. The molecule has 3 amide bonds. The number of nitrogens with one attached hydrogen (secondary N) is 2. The lowest BCUT2D eigenvalue weighted by atomic mass is 10.1. The van der Waals surface area contributed by atoms with Crippen LogP contribution in [0.4, 0.5) is 5.82 Å². The number of aliphatic hydroxyl groups excluding tert-OH is 2. The van der Waals surface area contributed by atoms with Gasteiger partial charge in [-0.2, -0.15) is 0 Å². The van der Waals surface area contributed by atoms with Crippen LogP contribution in [0.15, 0.2) is 43.0 Å². The van der Waals surface area contributed by atoms with Crippen molar-refractivity contribution in [2.24, 2.45) is 0 Å². The average Bonchev–Trinajstić information content (AvgIpc) is 3.64. The predicted octanol–water partition coefficient (Wildman–Crippen LogP) is 0.607. The van der Waals surface area contributed by atoms with Gasteiger partial charge in [-0.15, -0.1) is 0 Å². The lowest BCUT2D eigenvalue weighted by Crippen LogP contribution is -2.33. The van der Waals surface area contributed by atoms with E-state index in [1.54, 1.807) is 29.2 Å². The molecular weight excluding hydrogens is 506 g/mol. The molecule has 4 heterocycles. The fourth-order valence-electron chi connectivity index (χ4n) is 4.90. The van der Waals surface area contributed by atoms with Gasteiger partial charge in [-0.1, -0.05) is 18.2 Å². The van der Waals surface area contributed by atoms with E-state index in [0.717, 1.165) is 13.0 Å². The van der Waals surface area contributed by atoms with Crippen LogP contribution < -0.4 is 10.6 Å². The van der Waals surface area contributed by atoms with Crippen LogP contribution in [0.5, 0.6) is 0 Å². The number of anilines is 1. The molecule has 0 aliphatic carbocycles. The van der Waals surface area contributed by atoms with Crippen molar-refractivity contribution in [2.45, 2.75) is 56.6 Å². The normalized spacial score (nSPS) is 22.9. The molecule has 3 aromatic rings. The van der Waals surface area contributed by atoms with Crippen molar-refractivity contribution in [1.29, 1.82) is 0 Å². The molecule has 206 valence electrons. The summed E-state index contributed by atoms with van der Waals surface area (Å²) in [7, 11) is 0. The number of nitrogens with zero attached hydrogens (tertiary/aromatic N) is 5. The van der Waals surface area contributed by atoms with Gasteiger partial charge in [-0.05, 0) is 31.4 Å². The quantitative estimate of drug-likeness (QED) is 0.270. The third-order valence-corrected chi connectivity index (χ3v) is 6.99. The van der Waals surface area contributed by atoms with Crippen LogP contribution in [0, 0.1) is 0 Å². The lowest BCUT2D eigenvalue weighted by Gasteiger charge is -2.16. The molecule has 4 N–H and O–H groups in total. The number of fused-ring (bicyclic) bond motifs is 1. The maximum Gasteiger partial charge on any atom is 0.256 e. The van der Waals surface area contributed by atoms with Gasteiger partial charge in [-0.25, -0.2) is 15.0 Å². The first kappa shape index (κ1) is 26.7. The van der Waals surface area contributed by atoms with E-state index in [4.69, 9.17) is 4.74 Å². The zero-order valence-electron chi connectivity index (χ0n) is 21.3. The topological polar surface area (TPSA) is 172 Å². The summed E-state index contributed by atoms with van der Waals surface area (Å²) < 4.78 is 7.41. The third-order valence-electron chi connectivity index (χ3n) is 6.99. The number of amides is 3. The highest BCUT2D eigenvalue weighted by molar-refractivity contribution is 6.06. The number of rotatable bonds is 10. The Morgan fingerprint density at radius 3 is 2.69 bits per heavy atom. The molecule has 0 saturated carbocycles. The number of benzene rings is 1. The fraction of sp³-hybridized carbons (Fsp3) is 0.462. The van der Waals surface area contributed by atoms with Gasteiger partial charge in [-0.3, -0.25) is 19.0 Å². The van der Waals surface area contributed by atoms with Gasteiger partial charge >= 0.3 is 0 Å². The molecule has 4 atom stereocenters. The molecule has 0 spiro atoms. The van der Waals surface area contributed by atoms with E-state index >= 15 is 0 Å². The first-order valence-corrected chi connectivity index (χ1v) is 13.0. The maximum atomic E-state index is 12.6. The number of aromatic nitrogens is 4. The number of aliphatic hydroxyl groups is 2. The highest BCUT2D eigenvalue weighted by Gasteiger charge is 2.44. The minimum Gasteiger partial charge on any atom is -0.388 e. The lowest BCUT2D eigenvalue weighted by molar-refractivity contribution is -0.127. The Morgan fingerprint density at radius 2 is 1.92 bits per heavy atom. The molecular formula is C26H31N7O6. The van der Waals surface area contributed by atoms with E-state index in [9.17, 15) is 24.6 Å². The molecule has 2 fully saturated rings. The number of carbonyl (C=O) groups is 3. The minimum absolute atomic E-state index is 0.103. The summed E-state index contributed by atoms with van der Waals surface area (Å²) in [5, 5.41) is 26.9. The van der Waals surface area contributed by atoms with E-state index in [1.807, 2.05) is 6.07 Å². The van der Waals surface area contributed by atoms with Gasteiger partial charge in [0.25, 0.3) is 5.91 Å². The number of hydrogen-bond acceptors (Lipinski definition) is 9. The van der Waals surface area contributed by atoms with Crippen LogP contribution in [0.3, 0.4) is 0 Å². The van der Waals surface area contributed by atoms with Crippen LogP contribution in [-0.2, 0) is 14.3 Å². The number of carbonyl (C=O) groups excluding carboxylic acids is 3. The second-order valence-electron chi connectivity index (χ2n) is 9.64. The van der Waals surface area contributed by atoms with Gasteiger partial charge < -0.3 is 30.5 Å². The highest BCUT2D eigenvalue weighted by Crippen LogP contribution is 2.34. The Kier molecular flexibility index (Phi) is 8.10. The molecule has 13 heteroatoms. The number of imidazole rings is 1. The van der Waals surface area contributed by atoms with Crippen LogP contribution >= 0.6 is 0 Å². The summed E-state index contributed by atoms with van der Waals surface area (Å²) in [6.07, 6.45) is 0.830. The van der Waals surface area contributed by atoms with E-state index in [2.05, 4.69) is 25.6 Å². The molecule has 13 nitrogen and oxygen atoms in total. The molecule has 5 rings (SSSR count). The molecule has 2 saturated heterocycles. The standard InChI is InChI=1S/C26H31N7O6/c34-18(27-11-5-13-32-12-4-8-19(32)35)10-9-17-21(36)22(37)26(39-17)33-15-30-20-23(28-14-29-24(20)33)31-25(38)16-6-2-1-3-7-16/h1-3,6-7,14-15,17,21-22,26,36-37H,4-5,8-13H2,(H,27,34)(H,28,29,31,38)/t17-,21-,22-,26-/m1/s1. The summed E-state index contributed by atoms with van der Waals surface area (Å²) in [5.74, 6) is -0.202. The first-order valence-electron chi connectivity index (χ1n) is 13.0. The van der Waals surface area contributed by atoms with Gasteiger partial charge in [0.05, 0.1) is 12.4 Å².